The molecule has 0 aliphatic rings. The number of hydrogen-bond donors (Lipinski definition) is 5. The molecule has 10 aromatic rings. The lowest BCUT2D eigenvalue weighted by atomic mass is 9.84. The van der Waals surface area contributed by atoms with Gasteiger partial charge in [0, 0.05) is 104 Å². The minimum Gasteiger partial charge on any atom is -0.478 e. The van der Waals surface area contributed by atoms with Crippen molar-refractivity contribution in [2.75, 3.05) is 44.1 Å². The number of alkyl halides is 6. The van der Waals surface area contributed by atoms with E-state index < -0.39 is 53.3 Å². The molecule has 670 valence electrons. The van der Waals surface area contributed by atoms with Crippen LogP contribution in [0.2, 0.25) is 0 Å². The van der Waals surface area contributed by atoms with E-state index in [1.54, 1.807) is 81.1 Å². The number of nitrogens with zero attached hydrogens (tertiary/aromatic N) is 12. The van der Waals surface area contributed by atoms with Crippen LogP contribution in [0.1, 0.15) is 261 Å². The first-order chi connectivity index (χ1) is 58.0. The normalized spacial score (nSPS) is 11.6. The van der Waals surface area contributed by atoms with Gasteiger partial charge in [0.25, 0.3) is 0 Å². The van der Waals surface area contributed by atoms with Crippen LogP contribution in [0.25, 0.3) is 0 Å². The zero-order chi connectivity index (χ0) is 94.0. The molecule has 0 amide bonds. The third-order valence-corrected chi connectivity index (χ3v) is 20.5. The highest BCUT2D eigenvalue weighted by Crippen LogP contribution is 2.42. The van der Waals surface area contributed by atoms with Gasteiger partial charge in [-0.1, -0.05) is 115 Å². The SMILES string of the molecule is CCCCN(c1ccc(C(=O)O)cn1)c1cc(C(C)(C)C)cc(C)c1C.CCCN(c1ccc(C(=O)O)cn1)c1cc(C(C)(C)C)cc(C)c1C.Cc1cc(C(C)(C)C)cc(N(c2ccc(C(=O)O)cn2)C(C)C)c1C.Cc1cc(N(CC(C)C)c2ncc(C(=O)O)cn2)cc(C(F)(F)F)c1.Cc1cc(N(c2ncc(C(=O)O)cn2)C(C)C)cc(C(F)(F)F)c1. The molecule has 0 spiro atoms. The Balaban J connectivity index is 0.000000241. The Morgan fingerprint density at radius 1 is 0.344 bits per heavy atom. The number of anilines is 10. The summed E-state index contributed by atoms with van der Waals surface area (Å²) < 4.78 is 78.4. The maximum Gasteiger partial charge on any atom is 0.416 e. The number of carbonyl (C=O) groups is 5. The third-order valence-electron chi connectivity index (χ3n) is 20.5. The van der Waals surface area contributed by atoms with E-state index in [9.17, 15) is 50.3 Å². The molecule has 10 rings (SSSR count). The Morgan fingerprint density at radius 2 is 0.664 bits per heavy atom. The molecule has 22 nitrogen and oxygen atoms in total. The van der Waals surface area contributed by atoms with Gasteiger partial charge in [0.05, 0.1) is 38.9 Å². The number of pyridine rings is 3. The third kappa shape index (κ3) is 28.1. The second kappa shape index (κ2) is 42.8. The van der Waals surface area contributed by atoms with Gasteiger partial charge in [-0.25, -0.2) is 58.9 Å². The van der Waals surface area contributed by atoms with Crippen LogP contribution < -0.4 is 24.5 Å². The van der Waals surface area contributed by atoms with E-state index in [-0.39, 0.29) is 74.0 Å². The number of unbranched alkanes of at least 4 members (excludes halogenated alkanes) is 1. The van der Waals surface area contributed by atoms with Crippen LogP contribution in [-0.4, -0.2) is 122 Å². The smallest absolute Gasteiger partial charge is 0.416 e. The number of carboxylic acid groups (broad SMARTS) is 5. The molecular weight excluding hydrogens is 1610 g/mol. The highest BCUT2D eigenvalue weighted by molar-refractivity contribution is 5.90. The number of carboxylic acids is 5. The highest BCUT2D eigenvalue weighted by atomic mass is 19.4. The average Bonchev–Trinajstić information content (AvgIpc) is 0.797. The lowest BCUT2D eigenvalue weighted by Gasteiger charge is -2.32. The molecule has 0 unspecified atom stereocenters. The summed E-state index contributed by atoms with van der Waals surface area (Å²) in [5.41, 5.74) is 15.3. The van der Waals surface area contributed by atoms with Gasteiger partial charge in [-0.2, -0.15) is 26.3 Å². The first kappa shape index (κ1) is 101. The number of aromatic carboxylic acids is 5. The van der Waals surface area contributed by atoms with Crippen LogP contribution in [0.3, 0.4) is 0 Å². The highest BCUT2D eigenvalue weighted by Gasteiger charge is 2.35. The van der Waals surface area contributed by atoms with Crippen LogP contribution in [0, 0.1) is 61.3 Å². The lowest BCUT2D eigenvalue weighted by molar-refractivity contribution is -0.138. The van der Waals surface area contributed by atoms with Gasteiger partial charge in [0.1, 0.15) is 17.5 Å². The summed E-state index contributed by atoms with van der Waals surface area (Å²) >= 11 is 0. The van der Waals surface area contributed by atoms with Crippen molar-refractivity contribution >= 4 is 87.6 Å². The van der Waals surface area contributed by atoms with Crippen LogP contribution >= 0.6 is 0 Å². The molecule has 5 heterocycles. The first-order valence-electron chi connectivity index (χ1n) is 41.3. The summed E-state index contributed by atoms with van der Waals surface area (Å²) in [7, 11) is 0. The number of benzene rings is 5. The van der Waals surface area contributed by atoms with Crippen molar-refractivity contribution in [3.8, 4) is 0 Å². The monoisotopic (exact) mass is 1730 g/mol. The zero-order valence-corrected chi connectivity index (χ0v) is 76.3. The van der Waals surface area contributed by atoms with Gasteiger partial charge in [-0.3, -0.25) is 0 Å². The molecule has 0 aliphatic heterocycles. The van der Waals surface area contributed by atoms with Crippen molar-refractivity contribution in [2.24, 2.45) is 5.92 Å². The predicted molar refractivity (Wildman–Crippen MR) is 483 cm³/mol. The number of hydrogen-bond acceptors (Lipinski definition) is 17. The van der Waals surface area contributed by atoms with E-state index in [1.165, 1.54) is 73.6 Å². The van der Waals surface area contributed by atoms with E-state index in [1.807, 2.05) is 13.8 Å². The first-order valence-corrected chi connectivity index (χ1v) is 41.3. The van der Waals surface area contributed by atoms with Crippen molar-refractivity contribution in [3.05, 3.63) is 253 Å². The minimum atomic E-state index is -4.46. The van der Waals surface area contributed by atoms with Crippen molar-refractivity contribution in [1.29, 1.82) is 0 Å². The van der Waals surface area contributed by atoms with Crippen molar-refractivity contribution in [1.82, 2.24) is 34.9 Å². The second-order valence-corrected chi connectivity index (χ2v) is 35.0. The summed E-state index contributed by atoms with van der Waals surface area (Å²) in [6.07, 6.45) is 2.99. The average molecular weight is 1730 g/mol. The minimum absolute atomic E-state index is 0.0520. The van der Waals surface area contributed by atoms with E-state index >= 15 is 0 Å². The Kier molecular flexibility index (Phi) is 34.8. The molecule has 0 bridgehead atoms. The van der Waals surface area contributed by atoms with E-state index in [2.05, 4.69) is 218 Å². The van der Waals surface area contributed by atoms with Gasteiger partial charge in [-0.05, 0) is 270 Å². The fourth-order valence-electron chi connectivity index (χ4n) is 13.1. The maximum absolute atomic E-state index is 13.1. The molecular formula is C97H120F6N12O10. The van der Waals surface area contributed by atoms with Crippen molar-refractivity contribution in [3.63, 3.8) is 0 Å². The van der Waals surface area contributed by atoms with Crippen LogP contribution in [0.4, 0.5) is 84.1 Å². The van der Waals surface area contributed by atoms with Gasteiger partial charge in [-0.15, -0.1) is 0 Å². The second-order valence-electron chi connectivity index (χ2n) is 35.0. The van der Waals surface area contributed by atoms with Crippen molar-refractivity contribution in [2.45, 2.75) is 233 Å². The van der Waals surface area contributed by atoms with E-state index in [0.717, 1.165) is 116 Å². The van der Waals surface area contributed by atoms with Gasteiger partial charge >= 0.3 is 42.2 Å². The lowest BCUT2D eigenvalue weighted by Crippen LogP contribution is -2.28. The Morgan fingerprint density at radius 3 is 0.976 bits per heavy atom. The van der Waals surface area contributed by atoms with Crippen LogP contribution in [0.5, 0.6) is 0 Å². The van der Waals surface area contributed by atoms with Gasteiger partial charge in [0.2, 0.25) is 11.9 Å². The quantitative estimate of drug-likeness (QED) is 0.0351. The van der Waals surface area contributed by atoms with Crippen LogP contribution in [-0.2, 0) is 28.6 Å². The molecule has 0 fully saturated rings. The molecule has 0 saturated carbocycles. The summed E-state index contributed by atoms with van der Waals surface area (Å²) in [6.45, 7) is 53.9. The molecule has 0 saturated heterocycles. The Hall–Kier alpha value is -12.4. The zero-order valence-electron chi connectivity index (χ0n) is 76.3. The number of aryl methyl sites for hydroxylation is 5. The fourth-order valence-corrected chi connectivity index (χ4v) is 13.1. The summed E-state index contributed by atoms with van der Waals surface area (Å²) in [4.78, 5) is 93.9. The summed E-state index contributed by atoms with van der Waals surface area (Å²) in [6, 6.07) is 31.1. The summed E-state index contributed by atoms with van der Waals surface area (Å²) in [5.74, 6) is -2.48. The molecule has 5 N–H and O–H groups in total. The van der Waals surface area contributed by atoms with Gasteiger partial charge in [0.15, 0.2) is 0 Å². The molecule has 0 aliphatic carbocycles. The number of aromatic nitrogens is 7. The Labute approximate surface area is 730 Å². The van der Waals surface area contributed by atoms with Crippen LogP contribution in [0.15, 0.2) is 153 Å². The maximum atomic E-state index is 13.1. The summed E-state index contributed by atoms with van der Waals surface area (Å²) in [5, 5.41) is 45.1. The standard InChI is InChI=1S/C22H30N2O2.2C21H28N2O2.C17H18F3N3O2.C16H16F3N3O2/c1-7-8-11-24(20-10-9-17(14-23-20)21(25)26)19-13-18(22(4,5)6)12-15(2)16(19)3;1-13(2)23(19-9-8-16(12-22-19)20(24)25)18-11-17(21(5,6)7)10-14(3)15(18)4;1-7-10-23(19-9-8-16(13-22-19)20(24)25)18-12-17(21(4,5)6)11-14(2)15(18)3;1-10(2)9-23(16-21-7-12(8-22-16)15(24)25)14-5-11(3)4-13(6-14)17(18,19)20;1-9(2)22(15-20-7-11(8-21-15)14(23)24)13-5-10(3)4-12(6-13)16(17,18)19/h9-10,12-14H,7-8,11H2,1-6H3,(H,25,26);8-13H,1-7H3,(H,24,25);8-9,11-13H,7,10H2,1-6H3,(H,24,25);4-8,10H,9H2,1-3H3,(H,24,25);4-9H,1-3H3,(H,23,24). The molecule has 5 aromatic carbocycles. The fraction of sp³-hybridized carbons (Fsp3) is 0.402. The molecule has 125 heavy (non-hydrogen) atoms. The van der Waals surface area contributed by atoms with E-state index in [0.29, 0.717) is 29.0 Å². The predicted octanol–water partition coefficient (Wildman–Crippen LogP) is 24.5. The molecule has 0 atom stereocenters. The largest absolute Gasteiger partial charge is 0.478 e. The molecule has 5 aromatic heterocycles. The molecule has 28 heteroatoms. The number of rotatable bonds is 24. The topological polar surface area (TPSA) is 293 Å². The Bertz CT molecular complexity index is 5350. The molecule has 0 radical (unpaired) electrons. The van der Waals surface area contributed by atoms with Gasteiger partial charge < -0.3 is 50.0 Å². The van der Waals surface area contributed by atoms with Crippen molar-refractivity contribution < 1.29 is 75.8 Å². The number of halogens is 6. The van der Waals surface area contributed by atoms with E-state index in [4.69, 9.17) is 25.5 Å².